The Bertz CT molecular complexity index is 564. The Morgan fingerprint density at radius 3 is 2.80 bits per heavy atom. The van der Waals surface area contributed by atoms with Crippen molar-refractivity contribution in [1.82, 2.24) is 5.32 Å². The second-order valence-corrected chi connectivity index (χ2v) is 5.55. The molecule has 0 radical (unpaired) electrons. The van der Waals surface area contributed by atoms with Gasteiger partial charge in [0, 0.05) is 24.3 Å². The number of nitrogens with one attached hydrogen (secondary N) is 2. The van der Waals surface area contributed by atoms with Gasteiger partial charge in [-0.05, 0) is 59.5 Å². The van der Waals surface area contributed by atoms with Gasteiger partial charge in [0.15, 0.2) is 0 Å². The normalized spacial score (nSPS) is 10.3. The first-order chi connectivity index (χ1) is 9.70. The fourth-order valence-electron chi connectivity index (χ4n) is 1.94. The van der Waals surface area contributed by atoms with Gasteiger partial charge >= 0.3 is 0 Å². The zero-order valence-corrected chi connectivity index (χ0v) is 12.7. The second-order valence-electron chi connectivity index (χ2n) is 4.77. The molecular formula is C16H20N2OS. The summed E-state index contributed by atoms with van der Waals surface area (Å²) < 4.78 is 0. The predicted octanol–water partition coefficient (Wildman–Crippen LogP) is 3.81. The maximum absolute atomic E-state index is 12.1. The van der Waals surface area contributed by atoms with Gasteiger partial charge in [-0.25, -0.2) is 0 Å². The number of hydrogen-bond donors (Lipinski definition) is 2. The lowest BCUT2D eigenvalue weighted by Crippen LogP contribution is -2.22. The maximum atomic E-state index is 12.1. The summed E-state index contributed by atoms with van der Waals surface area (Å²) in [6.45, 7) is 5.68. The fourth-order valence-corrected chi connectivity index (χ4v) is 2.61. The van der Waals surface area contributed by atoms with Gasteiger partial charge < -0.3 is 10.6 Å². The summed E-state index contributed by atoms with van der Waals surface area (Å²) in [5.41, 5.74) is 4.05. The minimum Gasteiger partial charge on any atom is -0.385 e. The van der Waals surface area contributed by atoms with Crippen LogP contribution in [-0.2, 0) is 6.54 Å². The van der Waals surface area contributed by atoms with Gasteiger partial charge in [-0.1, -0.05) is 6.92 Å². The third-order valence-corrected chi connectivity index (χ3v) is 3.82. The molecule has 0 atom stereocenters. The quantitative estimate of drug-likeness (QED) is 0.848. The summed E-state index contributed by atoms with van der Waals surface area (Å²) in [6, 6.07) is 7.80. The first kappa shape index (κ1) is 14.6. The van der Waals surface area contributed by atoms with Gasteiger partial charge in [0.1, 0.15) is 0 Å². The predicted molar refractivity (Wildman–Crippen MR) is 85.4 cm³/mol. The van der Waals surface area contributed by atoms with Crippen LogP contribution in [0.1, 0.15) is 34.8 Å². The van der Waals surface area contributed by atoms with Crippen LogP contribution in [0.5, 0.6) is 0 Å². The Morgan fingerprint density at radius 1 is 1.30 bits per heavy atom. The van der Waals surface area contributed by atoms with Crippen molar-refractivity contribution in [3.8, 4) is 0 Å². The zero-order valence-electron chi connectivity index (χ0n) is 11.9. The van der Waals surface area contributed by atoms with Crippen molar-refractivity contribution in [3.05, 3.63) is 51.7 Å². The molecule has 0 aliphatic heterocycles. The molecule has 1 aromatic carbocycles. The lowest BCUT2D eigenvalue weighted by atomic mass is 10.1. The number of carbonyl (C=O) groups is 1. The SMILES string of the molecule is CCCNc1ccc(C(=O)NCc2ccsc2)cc1C. The van der Waals surface area contributed by atoms with Crippen LogP contribution in [0.4, 0.5) is 5.69 Å². The summed E-state index contributed by atoms with van der Waals surface area (Å²) in [4.78, 5) is 12.1. The number of rotatable bonds is 6. The Kier molecular flexibility index (Phi) is 5.18. The van der Waals surface area contributed by atoms with Gasteiger partial charge in [0.2, 0.25) is 0 Å². The van der Waals surface area contributed by atoms with E-state index >= 15 is 0 Å². The molecule has 2 N–H and O–H groups in total. The van der Waals surface area contributed by atoms with E-state index in [1.807, 2.05) is 41.9 Å². The molecule has 0 unspecified atom stereocenters. The minimum absolute atomic E-state index is 0.0265. The van der Waals surface area contributed by atoms with E-state index in [9.17, 15) is 4.79 Å². The molecule has 1 heterocycles. The Morgan fingerprint density at radius 2 is 2.15 bits per heavy atom. The number of thiophene rings is 1. The third-order valence-electron chi connectivity index (χ3n) is 3.09. The zero-order chi connectivity index (χ0) is 14.4. The molecule has 106 valence electrons. The van der Waals surface area contributed by atoms with Crippen molar-refractivity contribution in [2.24, 2.45) is 0 Å². The molecule has 1 aromatic heterocycles. The number of carbonyl (C=O) groups excluding carboxylic acids is 1. The van der Waals surface area contributed by atoms with Crippen LogP contribution in [0.3, 0.4) is 0 Å². The number of anilines is 1. The molecule has 0 saturated carbocycles. The van der Waals surface area contributed by atoms with E-state index in [-0.39, 0.29) is 5.91 Å². The van der Waals surface area contributed by atoms with Crippen molar-refractivity contribution in [3.63, 3.8) is 0 Å². The topological polar surface area (TPSA) is 41.1 Å². The monoisotopic (exact) mass is 288 g/mol. The van der Waals surface area contributed by atoms with Crippen molar-refractivity contribution < 1.29 is 4.79 Å². The van der Waals surface area contributed by atoms with E-state index < -0.39 is 0 Å². The molecule has 0 spiro atoms. The Labute approximate surface area is 124 Å². The van der Waals surface area contributed by atoms with E-state index in [2.05, 4.69) is 17.6 Å². The van der Waals surface area contributed by atoms with Crippen LogP contribution in [0.2, 0.25) is 0 Å². The van der Waals surface area contributed by atoms with Crippen molar-refractivity contribution >= 4 is 22.9 Å². The van der Waals surface area contributed by atoms with Crippen molar-refractivity contribution in [2.45, 2.75) is 26.8 Å². The molecule has 1 amide bonds. The second kappa shape index (κ2) is 7.10. The summed E-state index contributed by atoms with van der Waals surface area (Å²) >= 11 is 1.64. The molecule has 4 heteroatoms. The van der Waals surface area contributed by atoms with Gasteiger partial charge in [-0.15, -0.1) is 0 Å². The van der Waals surface area contributed by atoms with E-state index in [0.29, 0.717) is 12.1 Å². The smallest absolute Gasteiger partial charge is 0.251 e. The fraction of sp³-hybridized carbons (Fsp3) is 0.312. The molecule has 2 aromatic rings. The highest BCUT2D eigenvalue weighted by molar-refractivity contribution is 7.07. The highest BCUT2D eigenvalue weighted by Gasteiger charge is 2.07. The minimum atomic E-state index is -0.0265. The molecule has 0 fully saturated rings. The van der Waals surface area contributed by atoms with E-state index in [1.165, 1.54) is 0 Å². The van der Waals surface area contributed by atoms with Crippen molar-refractivity contribution in [2.75, 3.05) is 11.9 Å². The van der Waals surface area contributed by atoms with E-state index in [1.54, 1.807) is 11.3 Å². The Hall–Kier alpha value is -1.81. The van der Waals surface area contributed by atoms with E-state index in [0.717, 1.165) is 29.8 Å². The third kappa shape index (κ3) is 3.84. The van der Waals surface area contributed by atoms with E-state index in [4.69, 9.17) is 0 Å². The standard InChI is InChI=1S/C16H20N2OS/c1-3-7-17-15-5-4-14(9-12(15)2)16(19)18-10-13-6-8-20-11-13/h4-6,8-9,11,17H,3,7,10H2,1-2H3,(H,18,19). The molecule has 20 heavy (non-hydrogen) atoms. The van der Waals surface area contributed by atoms with Gasteiger partial charge in [0.05, 0.1) is 0 Å². The van der Waals surface area contributed by atoms with Crippen LogP contribution in [-0.4, -0.2) is 12.5 Å². The van der Waals surface area contributed by atoms with Crippen LogP contribution in [0, 0.1) is 6.92 Å². The maximum Gasteiger partial charge on any atom is 0.251 e. The molecule has 0 aliphatic rings. The van der Waals surface area contributed by atoms with Crippen molar-refractivity contribution in [1.29, 1.82) is 0 Å². The van der Waals surface area contributed by atoms with Crippen LogP contribution in [0.15, 0.2) is 35.0 Å². The summed E-state index contributed by atoms with van der Waals surface area (Å²) in [6.07, 6.45) is 1.09. The lowest BCUT2D eigenvalue weighted by Gasteiger charge is -2.10. The number of benzene rings is 1. The van der Waals surface area contributed by atoms with Crippen LogP contribution < -0.4 is 10.6 Å². The number of hydrogen-bond acceptors (Lipinski definition) is 3. The first-order valence-corrected chi connectivity index (χ1v) is 7.78. The highest BCUT2D eigenvalue weighted by atomic mass is 32.1. The average Bonchev–Trinajstić information content (AvgIpc) is 2.96. The lowest BCUT2D eigenvalue weighted by molar-refractivity contribution is 0.0951. The molecule has 0 saturated heterocycles. The largest absolute Gasteiger partial charge is 0.385 e. The summed E-state index contributed by atoms with van der Waals surface area (Å²) in [5, 5.41) is 10.3. The average molecular weight is 288 g/mol. The summed E-state index contributed by atoms with van der Waals surface area (Å²) in [5.74, 6) is -0.0265. The van der Waals surface area contributed by atoms with Crippen LogP contribution in [0.25, 0.3) is 0 Å². The molecule has 0 aliphatic carbocycles. The van der Waals surface area contributed by atoms with Gasteiger partial charge in [0.25, 0.3) is 5.91 Å². The van der Waals surface area contributed by atoms with Crippen LogP contribution >= 0.6 is 11.3 Å². The number of amides is 1. The first-order valence-electron chi connectivity index (χ1n) is 6.84. The number of aryl methyl sites for hydroxylation is 1. The highest BCUT2D eigenvalue weighted by Crippen LogP contribution is 2.16. The van der Waals surface area contributed by atoms with Gasteiger partial charge in [-0.3, -0.25) is 4.79 Å². The Balaban J connectivity index is 1.97. The van der Waals surface area contributed by atoms with Gasteiger partial charge in [-0.2, -0.15) is 11.3 Å². The molecule has 3 nitrogen and oxygen atoms in total. The molecular weight excluding hydrogens is 268 g/mol. The molecule has 0 bridgehead atoms. The summed E-state index contributed by atoms with van der Waals surface area (Å²) in [7, 11) is 0. The molecule has 2 rings (SSSR count).